The summed E-state index contributed by atoms with van der Waals surface area (Å²) in [5.74, 6) is 0.0657. The van der Waals surface area contributed by atoms with E-state index in [1.165, 1.54) is 0 Å². The van der Waals surface area contributed by atoms with Crippen LogP contribution in [0.4, 0.5) is 11.4 Å². The van der Waals surface area contributed by atoms with Crippen molar-refractivity contribution >= 4 is 28.2 Å². The summed E-state index contributed by atoms with van der Waals surface area (Å²) in [6, 6.07) is 11.4. The summed E-state index contributed by atoms with van der Waals surface area (Å²) in [6.07, 6.45) is 2.12. The zero-order chi connectivity index (χ0) is 19.8. The fourth-order valence-corrected chi connectivity index (χ4v) is 3.91. The molecule has 1 aliphatic rings. The first-order chi connectivity index (χ1) is 13.4. The van der Waals surface area contributed by atoms with Gasteiger partial charge in [-0.1, -0.05) is 11.6 Å². The van der Waals surface area contributed by atoms with Crippen LogP contribution in [0.1, 0.15) is 41.3 Å². The number of nitrogens with one attached hydrogen (secondary N) is 1. The smallest absolute Gasteiger partial charge is 0.254 e. The lowest BCUT2D eigenvalue weighted by atomic mass is 10.1. The van der Waals surface area contributed by atoms with E-state index in [2.05, 4.69) is 28.2 Å². The Balaban J connectivity index is 1.58. The number of carbonyl (C=O) groups is 1. The SMILES string of the molecule is Cc1cc(C)c2[nH]c(O)c(N=Nc3ccc(C(=O)N4CCC[C@H]4C)cc3)c2c1. The average Bonchev–Trinajstić information content (AvgIpc) is 3.23. The topological polar surface area (TPSA) is 81.0 Å². The Kier molecular flexibility index (Phi) is 4.63. The number of rotatable bonds is 3. The van der Waals surface area contributed by atoms with Crippen molar-refractivity contribution in [3.8, 4) is 5.88 Å². The zero-order valence-electron chi connectivity index (χ0n) is 16.4. The van der Waals surface area contributed by atoms with Crippen LogP contribution in [0.15, 0.2) is 46.6 Å². The number of fused-ring (bicyclic) bond motifs is 1. The first-order valence-electron chi connectivity index (χ1n) is 9.58. The van der Waals surface area contributed by atoms with E-state index in [1.807, 2.05) is 24.8 Å². The minimum Gasteiger partial charge on any atom is -0.493 e. The lowest BCUT2D eigenvalue weighted by Crippen LogP contribution is -2.33. The maximum absolute atomic E-state index is 12.6. The molecule has 1 saturated heterocycles. The van der Waals surface area contributed by atoms with Crippen LogP contribution in [0.3, 0.4) is 0 Å². The molecule has 2 N–H and O–H groups in total. The molecule has 0 bridgehead atoms. The molecule has 144 valence electrons. The van der Waals surface area contributed by atoms with E-state index in [1.54, 1.807) is 24.3 Å². The quantitative estimate of drug-likeness (QED) is 0.589. The molecular formula is C22H24N4O2. The van der Waals surface area contributed by atoms with Crippen molar-refractivity contribution in [2.75, 3.05) is 6.54 Å². The number of aromatic amines is 1. The number of amides is 1. The van der Waals surface area contributed by atoms with Crippen molar-refractivity contribution < 1.29 is 9.90 Å². The van der Waals surface area contributed by atoms with Crippen LogP contribution in [0.5, 0.6) is 5.88 Å². The number of carbonyl (C=O) groups excluding carboxylic acids is 1. The van der Waals surface area contributed by atoms with E-state index in [9.17, 15) is 9.90 Å². The van der Waals surface area contributed by atoms with Gasteiger partial charge in [-0.05, 0) is 69.5 Å². The molecule has 1 aromatic heterocycles. The van der Waals surface area contributed by atoms with Crippen LogP contribution in [-0.4, -0.2) is 33.5 Å². The van der Waals surface area contributed by atoms with Gasteiger partial charge in [-0.2, -0.15) is 5.11 Å². The van der Waals surface area contributed by atoms with Crippen molar-refractivity contribution in [2.24, 2.45) is 10.2 Å². The standard InChI is InChI=1S/C22H24N4O2/c1-13-11-14(2)19-18(12-13)20(21(27)23-19)25-24-17-8-6-16(7-9-17)22(28)26-10-4-5-15(26)3/h6-9,11-12,15,23,27H,4-5,10H2,1-3H3/t15-/m1/s1. The molecule has 3 aromatic rings. The van der Waals surface area contributed by atoms with Gasteiger partial charge in [0.2, 0.25) is 5.88 Å². The van der Waals surface area contributed by atoms with Crippen LogP contribution >= 0.6 is 0 Å². The van der Waals surface area contributed by atoms with Gasteiger partial charge in [-0.15, -0.1) is 5.11 Å². The van der Waals surface area contributed by atoms with Gasteiger partial charge in [0.25, 0.3) is 5.91 Å². The summed E-state index contributed by atoms with van der Waals surface area (Å²) < 4.78 is 0. The van der Waals surface area contributed by atoms with Crippen molar-refractivity contribution in [3.05, 3.63) is 53.1 Å². The summed E-state index contributed by atoms with van der Waals surface area (Å²) in [5, 5.41) is 19.6. The highest BCUT2D eigenvalue weighted by Gasteiger charge is 2.25. The molecule has 2 heterocycles. The molecule has 6 nitrogen and oxygen atoms in total. The first kappa shape index (κ1) is 18.2. The number of likely N-dealkylation sites (tertiary alicyclic amines) is 1. The van der Waals surface area contributed by atoms with Crippen molar-refractivity contribution in [2.45, 2.75) is 39.7 Å². The Morgan fingerprint density at radius 3 is 2.61 bits per heavy atom. The Labute approximate surface area is 163 Å². The van der Waals surface area contributed by atoms with Crippen LogP contribution in [0, 0.1) is 13.8 Å². The first-order valence-corrected chi connectivity index (χ1v) is 9.58. The fraction of sp³-hybridized carbons (Fsp3) is 0.318. The lowest BCUT2D eigenvalue weighted by Gasteiger charge is -2.21. The van der Waals surface area contributed by atoms with Gasteiger partial charge in [0.05, 0.1) is 11.2 Å². The molecule has 0 saturated carbocycles. The van der Waals surface area contributed by atoms with E-state index in [4.69, 9.17) is 0 Å². The molecule has 1 fully saturated rings. The molecule has 4 rings (SSSR count). The molecule has 0 aliphatic carbocycles. The third-order valence-corrected chi connectivity index (χ3v) is 5.40. The van der Waals surface area contributed by atoms with Gasteiger partial charge < -0.3 is 15.0 Å². The van der Waals surface area contributed by atoms with Crippen LogP contribution < -0.4 is 0 Å². The van der Waals surface area contributed by atoms with E-state index < -0.39 is 0 Å². The molecule has 1 aliphatic heterocycles. The van der Waals surface area contributed by atoms with Crippen molar-refractivity contribution in [1.82, 2.24) is 9.88 Å². The second-order valence-corrected chi connectivity index (χ2v) is 7.56. The summed E-state index contributed by atoms with van der Waals surface area (Å²) in [4.78, 5) is 17.5. The third-order valence-electron chi connectivity index (χ3n) is 5.40. The number of hydrogen-bond donors (Lipinski definition) is 2. The highest BCUT2D eigenvalue weighted by atomic mass is 16.3. The van der Waals surface area contributed by atoms with Gasteiger partial charge in [0.15, 0.2) is 5.69 Å². The zero-order valence-corrected chi connectivity index (χ0v) is 16.4. The van der Waals surface area contributed by atoms with Crippen molar-refractivity contribution in [3.63, 3.8) is 0 Å². The highest BCUT2D eigenvalue weighted by Crippen LogP contribution is 2.38. The maximum Gasteiger partial charge on any atom is 0.254 e. The fourth-order valence-electron chi connectivity index (χ4n) is 3.91. The Morgan fingerprint density at radius 2 is 1.93 bits per heavy atom. The number of H-pyrrole nitrogens is 1. The van der Waals surface area contributed by atoms with Crippen LogP contribution in [-0.2, 0) is 0 Å². The Bertz CT molecular complexity index is 1070. The molecule has 1 atom stereocenters. The summed E-state index contributed by atoms with van der Waals surface area (Å²) >= 11 is 0. The van der Waals surface area contributed by atoms with Crippen LogP contribution in [0.2, 0.25) is 0 Å². The minimum atomic E-state index is 0.00210. The number of aryl methyl sites for hydroxylation is 2. The molecular weight excluding hydrogens is 352 g/mol. The number of aromatic hydroxyl groups is 1. The number of aromatic nitrogens is 1. The molecule has 28 heavy (non-hydrogen) atoms. The minimum absolute atomic E-state index is 0.00210. The molecule has 6 heteroatoms. The van der Waals surface area contributed by atoms with E-state index in [0.29, 0.717) is 23.0 Å². The number of azo groups is 1. The third kappa shape index (κ3) is 3.26. The highest BCUT2D eigenvalue weighted by molar-refractivity contribution is 5.96. The van der Waals surface area contributed by atoms with E-state index in [-0.39, 0.29) is 11.8 Å². The van der Waals surface area contributed by atoms with Gasteiger partial charge >= 0.3 is 0 Å². The lowest BCUT2D eigenvalue weighted by molar-refractivity contribution is 0.0747. The molecule has 0 unspecified atom stereocenters. The molecule has 0 radical (unpaired) electrons. The molecule has 0 spiro atoms. The Hall–Kier alpha value is -3.15. The van der Waals surface area contributed by atoms with Crippen molar-refractivity contribution in [1.29, 1.82) is 0 Å². The summed E-state index contributed by atoms with van der Waals surface area (Å²) in [5.41, 5.74) is 4.72. The molecule has 2 aromatic carbocycles. The van der Waals surface area contributed by atoms with Gasteiger partial charge in [0, 0.05) is 23.5 Å². The second kappa shape index (κ2) is 7.11. The van der Waals surface area contributed by atoms with Gasteiger partial charge in [-0.25, -0.2) is 0 Å². The number of hydrogen-bond acceptors (Lipinski definition) is 4. The van der Waals surface area contributed by atoms with E-state index >= 15 is 0 Å². The largest absolute Gasteiger partial charge is 0.493 e. The predicted octanol–water partition coefficient (Wildman–Crippen LogP) is 5.53. The average molecular weight is 376 g/mol. The van der Waals surface area contributed by atoms with Crippen LogP contribution in [0.25, 0.3) is 10.9 Å². The monoisotopic (exact) mass is 376 g/mol. The van der Waals surface area contributed by atoms with Gasteiger partial charge in [0.1, 0.15) is 0 Å². The normalized spacial score (nSPS) is 17.1. The number of nitrogens with zero attached hydrogens (tertiary/aromatic N) is 3. The predicted molar refractivity (Wildman–Crippen MR) is 110 cm³/mol. The Morgan fingerprint density at radius 1 is 1.18 bits per heavy atom. The second-order valence-electron chi connectivity index (χ2n) is 7.56. The van der Waals surface area contributed by atoms with Gasteiger partial charge in [-0.3, -0.25) is 4.79 Å². The number of benzene rings is 2. The summed E-state index contributed by atoms with van der Waals surface area (Å²) in [7, 11) is 0. The maximum atomic E-state index is 12.6. The van der Waals surface area contributed by atoms with E-state index in [0.717, 1.165) is 41.4 Å². The molecule has 1 amide bonds. The summed E-state index contributed by atoms with van der Waals surface area (Å²) in [6.45, 7) is 6.91.